The van der Waals surface area contributed by atoms with Gasteiger partial charge in [0.05, 0.1) is 31.9 Å². The Labute approximate surface area is 208 Å². The number of thioether (sulfide) groups is 1. The topological polar surface area (TPSA) is 45.1 Å². The van der Waals surface area contributed by atoms with Crippen molar-refractivity contribution in [3.8, 4) is 0 Å². The fourth-order valence-electron chi connectivity index (χ4n) is 4.41. The van der Waals surface area contributed by atoms with Crippen molar-refractivity contribution in [2.45, 2.75) is 11.4 Å². The molecule has 0 saturated carbocycles. The summed E-state index contributed by atoms with van der Waals surface area (Å²) >= 11 is 7.40. The van der Waals surface area contributed by atoms with Crippen molar-refractivity contribution in [1.29, 1.82) is 0 Å². The molecule has 2 heterocycles. The molecule has 1 N–H and O–H groups in total. The third kappa shape index (κ3) is 4.75. The van der Waals surface area contributed by atoms with Crippen molar-refractivity contribution in [1.82, 2.24) is 4.90 Å². The fourth-order valence-corrected chi connectivity index (χ4v) is 5.55. The minimum Gasteiger partial charge on any atom is -0.355 e. The van der Waals surface area contributed by atoms with Gasteiger partial charge in [-0.2, -0.15) is 0 Å². The molecule has 0 aliphatic carbocycles. The first-order chi connectivity index (χ1) is 16.6. The van der Waals surface area contributed by atoms with Gasteiger partial charge in [-0.05, 0) is 36.4 Å². The predicted octanol–water partition coefficient (Wildman–Crippen LogP) is 3.62. The van der Waals surface area contributed by atoms with Crippen LogP contribution in [0.2, 0.25) is 5.02 Å². The number of piperazine rings is 1. The Morgan fingerprint density at radius 1 is 0.794 bits per heavy atom. The second-order valence-electron chi connectivity index (χ2n) is 8.41. The Morgan fingerprint density at radius 3 is 2.06 bits per heavy atom. The average Bonchev–Trinajstić information content (AvgIpc) is 3.11. The van der Waals surface area contributed by atoms with Gasteiger partial charge in [0.25, 0.3) is 11.8 Å². The van der Waals surface area contributed by atoms with Crippen LogP contribution in [0.5, 0.6) is 0 Å². The van der Waals surface area contributed by atoms with E-state index in [1.807, 2.05) is 36.4 Å². The molecule has 0 spiro atoms. The van der Waals surface area contributed by atoms with Crippen molar-refractivity contribution in [3.05, 3.63) is 106 Å². The highest BCUT2D eigenvalue weighted by molar-refractivity contribution is 8.04. The first-order valence-electron chi connectivity index (χ1n) is 11.3. The maximum absolute atomic E-state index is 13.6. The molecule has 5 nitrogen and oxygen atoms in total. The van der Waals surface area contributed by atoms with E-state index in [-0.39, 0.29) is 11.8 Å². The molecule has 5 rings (SSSR count). The van der Waals surface area contributed by atoms with Crippen LogP contribution in [0.4, 0.5) is 5.69 Å². The molecule has 1 fully saturated rings. The van der Waals surface area contributed by atoms with E-state index in [4.69, 9.17) is 11.6 Å². The van der Waals surface area contributed by atoms with Gasteiger partial charge in [-0.25, -0.2) is 4.90 Å². The molecule has 3 aromatic carbocycles. The van der Waals surface area contributed by atoms with E-state index in [1.54, 1.807) is 24.3 Å². The van der Waals surface area contributed by atoms with Crippen molar-refractivity contribution in [2.24, 2.45) is 0 Å². The largest absolute Gasteiger partial charge is 0.355 e. The number of halogens is 1. The molecule has 34 heavy (non-hydrogen) atoms. The first kappa shape index (κ1) is 22.7. The van der Waals surface area contributed by atoms with Gasteiger partial charge in [-0.3, -0.25) is 9.59 Å². The lowest BCUT2D eigenvalue weighted by Crippen LogP contribution is -3.13. The normalized spacial score (nSPS) is 17.1. The van der Waals surface area contributed by atoms with Crippen LogP contribution in [-0.4, -0.2) is 42.9 Å². The number of hydrogen-bond donors (Lipinski definition) is 1. The number of imide groups is 1. The minimum atomic E-state index is -0.282. The van der Waals surface area contributed by atoms with Gasteiger partial charge in [0, 0.05) is 15.5 Å². The van der Waals surface area contributed by atoms with Gasteiger partial charge in [0.15, 0.2) is 0 Å². The van der Waals surface area contributed by atoms with E-state index in [9.17, 15) is 9.59 Å². The molecule has 2 amide bonds. The van der Waals surface area contributed by atoms with E-state index >= 15 is 0 Å². The zero-order valence-electron chi connectivity index (χ0n) is 18.6. The van der Waals surface area contributed by atoms with Crippen LogP contribution in [0.3, 0.4) is 0 Å². The number of rotatable bonds is 6. The molecule has 2 aliphatic heterocycles. The van der Waals surface area contributed by atoms with Crippen molar-refractivity contribution in [3.63, 3.8) is 0 Å². The number of amides is 2. The highest BCUT2D eigenvalue weighted by Gasteiger charge is 2.43. The number of hydrogen-bond acceptors (Lipinski definition) is 4. The summed E-state index contributed by atoms with van der Waals surface area (Å²) in [5.41, 5.74) is 2.35. The smallest absolute Gasteiger partial charge is 0.283 e. The van der Waals surface area contributed by atoms with E-state index in [1.165, 1.54) is 27.1 Å². The summed E-state index contributed by atoms with van der Waals surface area (Å²) in [6, 6.07) is 27.0. The molecule has 172 valence electrons. The van der Waals surface area contributed by atoms with Crippen LogP contribution < -0.4 is 9.80 Å². The average molecular weight is 491 g/mol. The summed E-state index contributed by atoms with van der Waals surface area (Å²) in [5, 5.41) is 0.562. The lowest BCUT2D eigenvalue weighted by Gasteiger charge is -2.34. The number of anilines is 1. The second kappa shape index (κ2) is 10.1. The molecule has 2 aliphatic rings. The van der Waals surface area contributed by atoms with Crippen molar-refractivity contribution in [2.75, 3.05) is 31.1 Å². The van der Waals surface area contributed by atoms with Gasteiger partial charge >= 0.3 is 0 Å². The maximum Gasteiger partial charge on any atom is 0.283 e. The summed E-state index contributed by atoms with van der Waals surface area (Å²) in [7, 11) is 0. The number of carbonyl (C=O) groups excluding carboxylic acids is 2. The van der Waals surface area contributed by atoms with Gasteiger partial charge in [0.2, 0.25) is 0 Å². The van der Waals surface area contributed by atoms with E-state index < -0.39 is 0 Å². The molecule has 0 aromatic heterocycles. The zero-order valence-corrected chi connectivity index (χ0v) is 20.2. The SMILES string of the molecule is O=C1C(Sc2ccccc2)=C(N2CC[NH+](Cc3ccccc3)CC2)C(=O)N1c1ccc(Cl)cc1. The molecule has 3 aromatic rings. The molecular weight excluding hydrogens is 466 g/mol. The number of carbonyl (C=O) groups is 2. The van der Waals surface area contributed by atoms with Crippen LogP contribution in [0.15, 0.2) is 100 Å². The standard InChI is InChI=1S/C27H24ClN3O2S/c28-21-11-13-22(14-12-21)31-26(32)24(25(27(31)33)34-23-9-5-2-6-10-23)30-17-15-29(16-18-30)19-20-7-3-1-4-8-20/h1-14H,15-19H2/p+1. The Bertz CT molecular complexity index is 1210. The Hall–Kier alpha value is -3.06. The first-order valence-corrected chi connectivity index (χ1v) is 12.5. The van der Waals surface area contributed by atoms with Crippen molar-refractivity contribution >= 4 is 40.9 Å². The number of nitrogens with zero attached hydrogens (tertiary/aromatic N) is 2. The van der Waals surface area contributed by atoms with Crippen LogP contribution in [-0.2, 0) is 16.1 Å². The highest BCUT2D eigenvalue weighted by Crippen LogP contribution is 2.38. The van der Waals surface area contributed by atoms with Crippen LogP contribution in [0.25, 0.3) is 0 Å². The molecule has 0 bridgehead atoms. The monoisotopic (exact) mass is 490 g/mol. The van der Waals surface area contributed by atoms with Gasteiger partial charge < -0.3 is 9.80 Å². The van der Waals surface area contributed by atoms with E-state index in [2.05, 4.69) is 29.2 Å². The highest BCUT2D eigenvalue weighted by atomic mass is 35.5. The third-order valence-corrected chi connectivity index (χ3v) is 7.48. The van der Waals surface area contributed by atoms with Crippen LogP contribution >= 0.6 is 23.4 Å². The summed E-state index contributed by atoms with van der Waals surface area (Å²) in [5.74, 6) is -0.549. The lowest BCUT2D eigenvalue weighted by atomic mass is 10.2. The van der Waals surface area contributed by atoms with Crippen molar-refractivity contribution < 1.29 is 14.5 Å². The van der Waals surface area contributed by atoms with Gasteiger partial charge in [0.1, 0.15) is 17.1 Å². The molecule has 0 radical (unpaired) electrons. The zero-order chi connectivity index (χ0) is 23.5. The molecular formula is C27H25ClN3O2S+. The molecule has 7 heteroatoms. The Morgan fingerprint density at radius 2 is 1.41 bits per heavy atom. The summed E-state index contributed by atoms with van der Waals surface area (Å²) in [6.07, 6.45) is 0. The van der Waals surface area contributed by atoms with Crippen LogP contribution in [0.1, 0.15) is 5.56 Å². The minimum absolute atomic E-state index is 0.266. The lowest BCUT2D eigenvalue weighted by molar-refractivity contribution is -0.917. The Balaban J connectivity index is 1.40. The van der Waals surface area contributed by atoms with Gasteiger partial charge in [-0.15, -0.1) is 0 Å². The number of quaternary nitrogens is 1. The summed E-state index contributed by atoms with van der Waals surface area (Å²) in [4.78, 5) is 33.4. The molecule has 0 atom stereocenters. The molecule has 1 saturated heterocycles. The molecule has 0 unspecified atom stereocenters. The number of nitrogens with one attached hydrogen (secondary N) is 1. The summed E-state index contributed by atoms with van der Waals surface area (Å²) < 4.78 is 0. The van der Waals surface area contributed by atoms with Gasteiger partial charge in [-0.1, -0.05) is 71.9 Å². The second-order valence-corrected chi connectivity index (χ2v) is 9.93. The Kier molecular flexibility index (Phi) is 6.72. The van der Waals surface area contributed by atoms with E-state index in [0.29, 0.717) is 21.3 Å². The quantitative estimate of drug-likeness (QED) is 0.536. The predicted molar refractivity (Wildman–Crippen MR) is 136 cm³/mol. The van der Waals surface area contributed by atoms with Crippen LogP contribution in [0, 0.1) is 0 Å². The van der Waals surface area contributed by atoms with E-state index in [0.717, 1.165) is 37.6 Å². The third-order valence-electron chi connectivity index (χ3n) is 6.15. The summed E-state index contributed by atoms with van der Waals surface area (Å²) in [6.45, 7) is 4.23. The fraction of sp³-hybridized carbons (Fsp3) is 0.185. The number of benzene rings is 3. The maximum atomic E-state index is 13.6.